The summed E-state index contributed by atoms with van der Waals surface area (Å²) >= 11 is 0. The highest BCUT2D eigenvalue weighted by Gasteiger charge is 2.37. The Labute approximate surface area is 187 Å². The summed E-state index contributed by atoms with van der Waals surface area (Å²) in [5.41, 5.74) is 4.27. The predicted molar refractivity (Wildman–Crippen MR) is 114 cm³/mol. The molecule has 1 aliphatic carbocycles. The molecule has 2 aromatic heterocycles. The normalized spacial score (nSPS) is 20.4. The molecule has 170 valence electrons. The van der Waals surface area contributed by atoms with Gasteiger partial charge in [-0.15, -0.1) is 0 Å². The molecule has 0 saturated heterocycles. The summed E-state index contributed by atoms with van der Waals surface area (Å²) in [4.78, 5) is 29.9. The van der Waals surface area contributed by atoms with E-state index in [1.807, 2.05) is 0 Å². The number of nitrogens with zero attached hydrogens (tertiary/aromatic N) is 2. The number of benzene rings is 1. The number of aliphatic hydroxyl groups excluding tert-OH is 2. The van der Waals surface area contributed by atoms with Gasteiger partial charge in [0.15, 0.2) is 6.10 Å². The van der Waals surface area contributed by atoms with Gasteiger partial charge >= 0.3 is 5.97 Å². The fraction of sp³-hybridized carbons (Fsp3) is 0.375. The van der Waals surface area contributed by atoms with Crippen molar-refractivity contribution >= 4 is 16.9 Å². The van der Waals surface area contributed by atoms with Gasteiger partial charge in [0.25, 0.3) is 5.56 Å². The molecule has 0 spiro atoms. The number of rotatable bonds is 4. The first-order valence-corrected chi connectivity index (χ1v) is 10.9. The first kappa shape index (κ1) is 20.5. The van der Waals surface area contributed by atoms with Crippen LogP contribution in [0.1, 0.15) is 46.3 Å². The zero-order valence-corrected chi connectivity index (χ0v) is 17.6. The van der Waals surface area contributed by atoms with Gasteiger partial charge in [0, 0.05) is 22.4 Å². The quantitative estimate of drug-likeness (QED) is 0.358. The summed E-state index contributed by atoms with van der Waals surface area (Å²) in [6.07, 6.45) is -0.291. The fourth-order valence-electron chi connectivity index (χ4n) is 5.41. The van der Waals surface area contributed by atoms with Crippen LogP contribution < -0.4 is 5.56 Å². The lowest BCUT2D eigenvalue weighted by molar-refractivity contribution is -0.157. The van der Waals surface area contributed by atoms with Gasteiger partial charge in [0.2, 0.25) is 0 Å². The zero-order chi connectivity index (χ0) is 22.9. The van der Waals surface area contributed by atoms with Gasteiger partial charge < -0.3 is 24.3 Å². The molecule has 6 rings (SSSR count). The average molecular weight is 452 g/mol. The molecular weight excluding hydrogens is 431 g/mol. The Hall–Kier alpha value is -3.14. The molecule has 33 heavy (non-hydrogen) atoms. The molecule has 0 bridgehead atoms. The monoisotopic (exact) mass is 452 g/mol. The van der Waals surface area contributed by atoms with Gasteiger partial charge in [-0.3, -0.25) is 4.79 Å². The highest BCUT2D eigenvalue weighted by atomic mass is 19.1. The van der Waals surface area contributed by atoms with E-state index in [9.17, 15) is 19.1 Å². The Morgan fingerprint density at radius 3 is 2.91 bits per heavy atom. The van der Waals surface area contributed by atoms with Crippen LogP contribution in [0.5, 0.6) is 0 Å². The van der Waals surface area contributed by atoms with Crippen molar-refractivity contribution in [1.29, 1.82) is 0 Å². The van der Waals surface area contributed by atoms with Crippen molar-refractivity contribution in [2.45, 2.75) is 38.0 Å². The molecule has 0 amide bonds. The van der Waals surface area contributed by atoms with Crippen molar-refractivity contribution < 1.29 is 28.9 Å². The molecule has 0 saturated carbocycles. The van der Waals surface area contributed by atoms with Crippen molar-refractivity contribution in [1.82, 2.24) is 9.55 Å². The molecule has 3 aromatic rings. The summed E-state index contributed by atoms with van der Waals surface area (Å²) in [6.45, 7) is 0.560. The molecular formula is C24H21FN2O6. The number of fused-ring (bicyclic) bond motifs is 5. The number of esters is 1. The standard InChI is InChI=1S/C24H21FN2O6/c25-16-3-4-17-20-12(16)2-1-11(9-32-6-5-28)19(20)14-8-27-18(21(14)26-17)7-13-15(23(27)30)10-33-24(31)22(13)29/h3-4,7,11,22,28-29H,1-2,5-6,8-10H2. The maximum Gasteiger partial charge on any atom is 0.340 e. The third-order valence-corrected chi connectivity index (χ3v) is 6.92. The van der Waals surface area contributed by atoms with E-state index < -0.39 is 12.1 Å². The number of halogens is 1. The van der Waals surface area contributed by atoms with Crippen LogP contribution in [0.25, 0.3) is 22.3 Å². The Morgan fingerprint density at radius 2 is 2.09 bits per heavy atom. The van der Waals surface area contributed by atoms with Crippen LogP contribution in [-0.2, 0) is 33.8 Å². The summed E-state index contributed by atoms with van der Waals surface area (Å²) in [7, 11) is 0. The molecule has 9 heteroatoms. The second kappa shape index (κ2) is 7.44. The molecule has 2 aliphatic heterocycles. The Kier molecular flexibility index (Phi) is 4.62. The fourth-order valence-corrected chi connectivity index (χ4v) is 5.41. The third-order valence-electron chi connectivity index (χ3n) is 6.92. The third kappa shape index (κ3) is 2.89. The first-order valence-electron chi connectivity index (χ1n) is 10.9. The molecule has 0 radical (unpaired) electrons. The van der Waals surface area contributed by atoms with Crippen LogP contribution in [0.4, 0.5) is 4.39 Å². The Morgan fingerprint density at radius 1 is 1.24 bits per heavy atom. The lowest BCUT2D eigenvalue weighted by Gasteiger charge is -2.28. The number of cyclic esters (lactones) is 1. The van der Waals surface area contributed by atoms with Gasteiger partial charge in [-0.05, 0) is 42.2 Å². The van der Waals surface area contributed by atoms with E-state index in [4.69, 9.17) is 19.6 Å². The van der Waals surface area contributed by atoms with Gasteiger partial charge in [-0.25, -0.2) is 14.2 Å². The SMILES string of the molecule is O=C1OCc2c(cc3n(c2=O)Cc2c-3nc3ccc(F)c4c3c2C(COCCO)CC4)C1O. The number of hydrogen-bond donors (Lipinski definition) is 2. The van der Waals surface area contributed by atoms with Crippen LogP contribution in [0.3, 0.4) is 0 Å². The smallest absolute Gasteiger partial charge is 0.340 e. The second-order valence-electron chi connectivity index (χ2n) is 8.67. The van der Waals surface area contributed by atoms with Crippen LogP contribution >= 0.6 is 0 Å². The van der Waals surface area contributed by atoms with Crippen molar-refractivity contribution in [2.24, 2.45) is 0 Å². The largest absolute Gasteiger partial charge is 0.458 e. The van der Waals surface area contributed by atoms with Crippen LogP contribution in [-0.4, -0.2) is 45.6 Å². The lowest BCUT2D eigenvalue weighted by atomic mass is 9.80. The minimum Gasteiger partial charge on any atom is -0.458 e. The maximum atomic E-state index is 14.7. The van der Waals surface area contributed by atoms with Gasteiger partial charge in [-0.1, -0.05) is 0 Å². The molecule has 0 fully saturated rings. The van der Waals surface area contributed by atoms with Crippen molar-refractivity contribution in [3.8, 4) is 11.4 Å². The summed E-state index contributed by atoms with van der Waals surface area (Å²) < 4.78 is 26.9. The topological polar surface area (TPSA) is 111 Å². The van der Waals surface area contributed by atoms with Crippen LogP contribution in [0.15, 0.2) is 23.0 Å². The number of pyridine rings is 2. The van der Waals surface area contributed by atoms with E-state index in [0.717, 1.165) is 16.5 Å². The number of aromatic nitrogens is 2. The predicted octanol–water partition coefficient (Wildman–Crippen LogP) is 1.69. The van der Waals surface area contributed by atoms with E-state index in [1.165, 1.54) is 6.07 Å². The van der Waals surface area contributed by atoms with E-state index >= 15 is 0 Å². The van der Waals surface area contributed by atoms with Gasteiger partial charge in [0.05, 0.1) is 48.8 Å². The van der Waals surface area contributed by atoms with Crippen molar-refractivity contribution in [3.63, 3.8) is 0 Å². The average Bonchev–Trinajstić information content (AvgIpc) is 3.18. The molecule has 2 atom stereocenters. The molecule has 2 unspecified atom stereocenters. The van der Waals surface area contributed by atoms with E-state index in [1.54, 1.807) is 16.7 Å². The van der Waals surface area contributed by atoms with Gasteiger partial charge in [-0.2, -0.15) is 0 Å². The Balaban J connectivity index is 1.60. The van der Waals surface area contributed by atoms with Gasteiger partial charge in [0.1, 0.15) is 12.4 Å². The number of carbonyl (C=O) groups excluding carboxylic acids is 1. The molecule has 2 N–H and O–H groups in total. The summed E-state index contributed by atoms with van der Waals surface area (Å²) in [5, 5.41) is 20.2. The van der Waals surface area contributed by atoms with Crippen molar-refractivity contribution in [2.75, 3.05) is 19.8 Å². The molecule has 8 nitrogen and oxygen atoms in total. The number of aryl methyl sites for hydroxylation is 1. The molecule has 4 heterocycles. The molecule has 1 aromatic carbocycles. The summed E-state index contributed by atoms with van der Waals surface area (Å²) in [6, 6.07) is 4.70. The highest BCUT2D eigenvalue weighted by Crippen LogP contribution is 2.45. The highest BCUT2D eigenvalue weighted by molar-refractivity contribution is 5.92. The molecule has 3 aliphatic rings. The Bertz CT molecular complexity index is 1400. The van der Waals surface area contributed by atoms with Crippen LogP contribution in [0, 0.1) is 5.82 Å². The van der Waals surface area contributed by atoms with Crippen molar-refractivity contribution in [3.05, 3.63) is 62.2 Å². The maximum absolute atomic E-state index is 14.7. The number of ether oxygens (including phenoxy) is 2. The number of aliphatic hydroxyl groups is 2. The zero-order valence-electron chi connectivity index (χ0n) is 17.6. The first-order chi connectivity index (χ1) is 16.0. The number of hydrogen-bond acceptors (Lipinski definition) is 7. The number of carbonyl (C=O) groups is 1. The van der Waals surface area contributed by atoms with E-state index in [2.05, 4.69) is 0 Å². The van der Waals surface area contributed by atoms with E-state index in [0.29, 0.717) is 41.9 Å². The van der Waals surface area contributed by atoms with E-state index in [-0.39, 0.29) is 54.8 Å². The summed E-state index contributed by atoms with van der Waals surface area (Å²) in [5.74, 6) is -1.10. The van der Waals surface area contributed by atoms with Crippen LogP contribution in [0.2, 0.25) is 0 Å². The lowest BCUT2D eigenvalue weighted by Crippen LogP contribution is -2.32. The minimum atomic E-state index is -1.52. The minimum absolute atomic E-state index is 0.0414. The second-order valence-corrected chi connectivity index (χ2v) is 8.67.